The van der Waals surface area contributed by atoms with Gasteiger partial charge in [-0.3, -0.25) is 4.79 Å². The Morgan fingerprint density at radius 3 is 2.70 bits per heavy atom. The van der Waals surface area contributed by atoms with E-state index in [1.54, 1.807) is 0 Å². The monoisotopic (exact) mass is 145 g/mol. The van der Waals surface area contributed by atoms with Gasteiger partial charge in [-0.05, 0) is 12.8 Å². The summed E-state index contributed by atoms with van der Waals surface area (Å²) in [5.41, 5.74) is 0. The van der Waals surface area contributed by atoms with Crippen LogP contribution in [0.25, 0.3) is 0 Å². The first kappa shape index (κ1) is 9.43. The van der Waals surface area contributed by atoms with Gasteiger partial charge in [-0.15, -0.1) is 0 Å². The first-order valence-electron chi connectivity index (χ1n) is 3.36. The van der Waals surface area contributed by atoms with E-state index in [0.29, 0.717) is 19.6 Å². The van der Waals surface area contributed by atoms with Crippen molar-refractivity contribution in [1.82, 2.24) is 0 Å². The molecule has 0 aliphatic heterocycles. The van der Waals surface area contributed by atoms with Crippen LogP contribution in [0.4, 0.5) is 0 Å². The number of carboxylic acids is 1. The van der Waals surface area contributed by atoms with Gasteiger partial charge in [0.25, 0.3) is 0 Å². The molecule has 1 N–H and O–H groups in total. The summed E-state index contributed by atoms with van der Waals surface area (Å²) < 4.78 is 5.01. The molecule has 10 heavy (non-hydrogen) atoms. The minimum atomic E-state index is -0.766. The average molecular weight is 145 g/mol. The number of hydrogen-bond acceptors (Lipinski definition) is 2. The number of aliphatic carboxylic acids is 1. The van der Waals surface area contributed by atoms with Crippen LogP contribution >= 0.6 is 0 Å². The van der Waals surface area contributed by atoms with Gasteiger partial charge in [-0.2, -0.15) is 0 Å². The third-order valence-corrected chi connectivity index (χ3v) is 0.968. The molecule has 0 aromatic rings. The summed E-state index contributed by atoms with van der Waals surface area (Å²) in [7, 11) is 0. The Hall–Kier alpha value is -0.570. The first-order valence-corrected chi connectivity index (χ1v) is 3.36. The normalized spacial score (nSPS) is 9.70. The molecule has 0 aromatic heterocycles. The van der Waals surface area contributed by atoms with Crippen LogP contribution in [0.3, 0.4) is 0 Å². The van der Waals surface area contributed by atoms with Crippen LogP contribution in [-0.4, -0.2) is 24.3 Å². The van der Waals surface area contributed by atoms with Gasteiger partial charge < -0.3 is 9.84 Å². The van der Waals surface area contributed by atoms with Crippen molar-refractivity contribution in [3.63, 3.8) is 0 Å². The molecule has 0 saturated carbocycles. The highest BCUT2D eigenvalue weighted by Crippen LogP contribution is 1.90. The van der Waals surface area contributed by atoms with Crippen molar-refractivity contribution in [3.05, 3.63) is 6.92 Å². The molecular weight excluding hydrogens is 132 g/mol. The number of rotatable bonds is 6. The molecule has 0 rings (SSSR count). The highest BCUT2D eigenvalue weighted by Gasteiger charge is 1.94. The van der Waals surface area contributed by atoms with E-state index < -0.39 is 5.97 Å². The molecule has 1 radical (unpaired) electrons. The van der Waals surface area contributed by atoms with Gasteiger partial charge in [0.1, 0.15) is 0 Å². The Morgan fingerprint density at radius 1 is 1.50 bits per heavy atom. The molecule has 3 nitrogen and oxygen atoms in total. The molecule has 59 valence electrons. The van der Waals surface area contributed by atoms with E-state index in [9.17, 15) is 4.79 Å². The van der Waals surface area contributed by atoms with Gasteiger partial charge in [-0.1, -0.05) is 6.92 Å². The Bertz CT molecular complexity index is 90.9. The van der Waals surface area contributed by atoms with Gasteiger partial charge in [-0.25, -0.2) is 0 Å². The number of ether oxygens (including phenoxy) is 1. The van der Waals surface area contributed by atoms with Crippen LogP contribution in [0.5, 0.6) is 0 Å². The average Bonchev–Trinajstić information content (AvgIpc) is 1.87. The lowest BCUT2D eigenvalue weighted by molar-refractivity contribution is -0.137. The first-order chi connectivity index (χ1) is 4.77. The molecule has 0 fully saturated rings. The zero-order chi connectivity index (χ0) is 7.82. The summed E-state index contributed by atoms with van der Waals surface area (Å²) in [6.07, 6.45) is 1.53. The van der Waals surface area contributed by atoms with E-state index in [0.717, 1.165) is 6.42 Å². The Balaban J connectivity index is 2.84. The molecule has 0 amide bonds. The lowest BCUT2D eigenvalue weighted by atomic mass is 10.3. The van der Waals surface area contributed by atoms with E-state index in [2.05, 4.69) is 6.92 Å². The SMILES string of the molecule is [CH2]CCOCCCC(=O)O. The van der Waals surface area contributed by atoms with Crippen LogP contribution in [0.15, 0.2) is 0 Å². The summed E-state index contributed by atoms with van der Waals surface area (Å²) in [6, 6.07) is 0. The molecule has 3 heteroatoms. The maximum Gasteiger partial charge on any atom is 0.303 e. The maximum absolute atomic E-state index is 9.96. The molecule has 0 aliphatic rings. The number of hydrogen-bond donors (Lipinski definition) is 1. The molecule has 0 heterocycles. The number of carbonyl (C=O) groups is 1. The lowest BCUT2D eigenvalue weighted by Gasteiger charge is -1.98. The second kappa shape index (κ2) is 6.55. The molecule has 0 bridgehead atoms. The minimum absolute atomic E-state index is 0.192. The predicted octanol–water partition coefficient (Wildman–Crippen LogP) is 1.09. The fourth-order valence-electron chi connectivity index (χ4n) is 0.530. The van der Waals surface area contributed by atoms with Crippen molar-refractivity contribution in [1.29, 1.82) is 0 Å². The summed E-state index contributed by atoms with van der Waals surface area (Å²) in [6.45, 7) is 4.73. The zero-order valence-electron chi connectivity index (χ0n) is 6.01. The van der Waals surface area contributed by atoms with Crippen molar-refractivity contribution in [2.45, 2.75) is 19.3 Å². The van der Waals surface area contributed by atoms with Crippen LogP contribution in [0.2, 0.25) is 0 Å². The summed E-state index contributed by atoms with van der Waals surface area (Å²) in [4.78, 5) is 9.96. The maximum atomic E-state index is 9.96. The third kappa shape index (κ3) is 7.43. The van der Waals surface area contributed by atoms with Crippen molar-refractivity contribution in [2.24, 2.45) is 0 Å². The van der Waals surface area contributed by atoms with E-state index in [-0.39, 0.29) is 6.42 Å². The van der Waals surface area contributed by atoms with Crippen LogP contribution in [-0.2, 0) is 9.53 Å². The van der Waals surface area contributed by atoms with Crippen LogP contribution in [0, 0.1) is 6.92 Å². The smallest absolute Gasteiger partial charge is 0.303 e. The van der Waals surface area contributed by atoms with Gasteiger partial charge in [0.05, 0.1) is 0 Å². The van der Waals surface area contributed by atoms with Crippen LogP contribution in [0.1, 0.15) is 19.3 Å². The standard InChI is InChI=1S/C7H13O3/c1-2-5-10-6-3-4-7(8)9/h1-6H2,(H,8,9). The second-order valence-electron chi connectivity index (χ2n) is 1.96. The van der Waals surface area contributed by atoms with E-state index in [1.165, 1.54) is 0 Å². The minimum Gasteiger partial charge on any atom is -0.481 e. The molecule has 0 unspecified atom stereocenters. The lowest BCUT2D eigenvalue weighted by Crippen LogP contribution is -2.00. The quantitative estimate of drug-likeness (QED) is 0.569. The Kier molecular flexibility index (Phi) is 6.18. The molecule has 0 atom stereocenters. The van der Waals surface area contributed by atoms with E-state index in [4.69, 9.17) is 9.84 Å². The van der Waals surface area contributed by atoms with Crippen molar-refractivity contribution < 1.29 is 14.6 Å². The van der Waals surface area contributed by atoms with Gasteiger partial charge >= 0.3 is 5.97 Å². The van der Waals surface area contributed by atoms with Crippen molar-refractivity contribution in [3.8, 4) is 0 Å². The summed E-state index contributed by atoms with van der Waals surface area (Å²) in [5.74, 6) is -0.766. The third-order valence-electron chi connectivity index (χ3n) is 0.968. The Labute approximate surface area is 61.0 Å². The fraction of sp³-hybridized carbons (Fsp3) is 0.714. The molecule has 0 spiro atoms. The van der Waals surface area contributed by atoms with Crippen molar-refractivity contribution in [2.75, 3.05) is 13.2 Å². The van der Waals surface area contributed by atoms with Gasteiger partial charge in [0.2, 0.25) is 0 Å². The van der Waals surface area contributed by atoms with Crippen molar-refractivity contribution >= 4 is 5.97 Å². The number of carboxylic acid groups (broad SMARTS) is 1. The topological polar surface area (TPSA) is 46.5 Å². The Morgan fingerprint density at radius 2 is 2.20 bits per heavy atom. The van der Waals surface area contributed by atoms with Crippen LogP contribution < -0.4 is 0 Å². The van der Waals surface area contributed by atoms with Gasteiger partial charge in [0.15, 0.2) is 0 Å². The molecular formula is C7H13O3. The second-order valence-corrected chi connectivity index (χ2v) is 1.96. The highest BCUT2D eigenvalue weighted by molar-refractivity contribution is 5.66. The summed E-state index contributed by atoms with van der Waals surface area (Å²) >= 11 is 0. The zero-order valence-corrected chi connectivity index (χ0v) is 6.01. The van der Waals surface area contributed by atoms with E-state index >= 15 is 0 Å². The summed E-state index contributed by atoms with van der Waals surface area (Å²) in [5, 5.41) is 8.20. The molecule has 0 aliphatic carbocycles. The van der Waals surface area contributed by atoms with E-state index in [1.807, 2.05) is 0 Å². The molecule has 0 saturated heterocycles. The molecule has 0 aromatic carbocycles. The fourth-order valence-corrected chi connectivity index (χ4v) is 0.530. The predicted molar refractivity (Wildman–Crippen MR) is 37.7 cm³/mol. The largest absolute Gasteiger partial charge is 0.481 e. The highest BCUT2D eigenvalue weighted by atomic mass is 16.5. The van der Waals surface area contributed by atoms with Gasteiger partial charge in [0, 0.05) is 19.6 Å².